The normalized spacial score (nSPS) is 11.1. The van der Waals surface area contributed by atoms with E-state index in [2.05, 4.69) is 20.0 Å². The number of benzene rings is 1. The molecule has 2 rings (SSSR count). The summed E-state index contributed by atoms with van der Waals surface area (Å²) in [4.78, 5) is 7.84. The molecule has 6 nitrogen and oxygen atoms in total. The summed E-state index contributed by atoms with van der Waals surface area (Å²) in [6.45, 7) is 0.423. The van der Waals surface area contributed by atoms with Crippen LogP contribution >= 0.6 is 0 Å². The lowest BCUT2D eigenvalue weighted by atomic mass is 10.2. The van der Waals surface area contributed by atoms with Gasteiger partial charge in [0.15, 0.2) is 0 Å². The topological polar surface area (TPSA) is 84.0 Å². The first-order valence-corrected chi connectivity index (χ1v) is 7.59. The second-order valence-corrected chi connectivity index (χ2v) is 5.87. The van der Waals surface area contributed by atoms with E-state index < -0.39 is 15.8 Å². The number of halogens is 1. The molecule has 0 aliphatic heterocycles. The highest BCUT2D eigenvalue weighted by atomic mass is 32.2. The van der Waals surface area contributed by atoms with Crippen molar-refractivity contribution in [2.45, 2.75) is 6.54 Å². The van der Waals surface area contributed by atoms with Crippen molar-refractivity contribution in [1.29, 1.82) is 0 Å². The van der Waals surface area contributed by atoms with Crippen LogP contribution in [-0.4, -0.2) is 24.6 Å². The van der Waals surface area contributed by atoms with Crippen LogP contribution in [-0.2, 0) is 16.6 Å². The Bertz CT molecular complexity index is 692. The molecule has 0 saturated carbocycles. The average molecular weight is 296 g/mol. The van der Waals surface area contributed by atoms with Gasteiger partial charge in [0.25, 0.3) is 0 Å². The van der Waals surface area contributed by atoms with E-state index in [-0.39, 0.29) is 5.69 Å². The molecular formula is C12H13FN4O2S. The Balaban J connectivity index is 2.11. The van der Waals surface area contributed by atoms with Gasteiger partial charge in [0.05, 0.1) is 24.2 Å². The molecule has 20 heavy (non-hydrogen) atoms. The third kappa shape index (κ3) is 4.16. The number of aromatic nitrogens is 2. The van der Waals surface area contributed by atoms with Crippen LogP contribution < -0.4 is 10.0 Å². The average Bonchev–Trinajstić information content (AvgIpc) is 2.39. The zero-order valence-corrected chi connectivity index (χ0v) is 11.5. The molecule has 1 aromatic heterocycles. The first-order valence-electron chi connectivity index (χ1n) is 5.70. The van der Waals surface area contributed by atoms with Gasteiger partial charge in [0, 0.05) is 11.9 Å². The van der Waals surface area contributed by atoms with E-state index in [1.807, 2.05) is 0 Å². The largest absolute Gasteiger partial charge is 0.379 e. The first-order chi connectivity index (χ1) is 9.44. The molecular weight excluding hydrogens is 283 g/mol. The molecule has 0 aliphatic rings. The molecule has 8 heteroatoms. The molecule has 106 valence electrons. The first kappa shape index (κ1) is 14.2. The van der Waals surface area contributed by atoms with Gasteiger partial charge in [-0.15, -0.1) is 0 Å². The van der Waals surface area contributed by atoms with Crippen LogP contribution in [0, 0.1) is 5.82 Å². The molecule has 0 atom stereocenters. The van der Waals surface area contributed by atoms with Gasteiger partial charge in [-0.1, -0.05) is 0 Å². The minimum atomic E-state index is -3.52. The van der Waals surface area contributed by atoms with Crippen LogP contribution in [0.5, 0.6) is 0 Å². The smallest absolute Gasteiger partial charge is 0.229 e. The number of hydrogen-bond donors (Lipinski definition) is 2. The van der Waals surface area contributed by atoms with Gasteiger partial charge >= 0.3 is 0 Å². The van der Waals surface area contributed by atoms with Gasteiger partial charge in [-0.3, -0.25) is 4.72 Å². The van der Waals surface area contributed by atoms with Crippen molar-refractivity contribution >= 4 is 21.4 Å². The van der Waals surface area contributed by atoms with Crippen LogP contribution in [0.2, 0.25) is 0 Å². The molecule has 1 heterocycles. The molecule has 0 unspecified atom stereocenters. The summed E-state index contributed by atoms with van der Waals surface area (Å²) in [5.74, 6) is -0.636. The summed E-state index contributed by atoms with van der Waals surface area (Å²) >= 11 is 0. The SMILES string of the molecule is CS(=O)(=O)Nc1cc(NCc2ccncn2)ccc1F. The summed E-state index contributed by atoms with van der Waals surface area (Å²) < 4.78 is 37.9. The third-order valence-electron chi connectivity index (χ3n) is 2.38. The van der Waals surface area contributed by atoms with Crippen LogP contribution in [0.1, 0.15) is 5.69 Å². The Labute approximate surface area is 116 Å². The second-order valence-electron chi connectivity index (χ2n) is 4.12. The summed E-state index contributed by atoms with van der Waals surface area (Å²) in [5.41, 5.74) is 1.25. The van der Waals surface area contributed by atoms with Gasteiger partial charge in [0.2, 0.25) is 10.0 Å². The maximum absolute atomic E-state index is 13.5. The zero-order chi connectivity index (χ0) is 14.6. The lowest BCUT2D eigenvalue weighted by Crippen LogP contribution is -2.11. The predicted octanol–water partition coefficient (Wildman–Crippen LogP) is 1.60. The maximum atomic E-state index is 13.5. The minimum Gasteiger partial charge on any atom is -0.379 e. The fourth-order valence-electron chi connectivity index (χ4n) is 1.53. The molecule has 0 aliphatic carbocycles. The Morgan fingerprint density at radius 3 is 2.75 bits per heavy atom. The summed E-state index contributed by atoms with van der Waals surface area (Å²) in [7, 11) is -3.52. The van der Waals surface area contributed by atoms with E-state index in [9.17, 15) is 12.8 Å². The highest BCUT2D eigenvalue weighted by molar-refractivity contribution is 7.92. The Kier molecular flexibility index (Phi) is 4.14. The summed E-state index contributed by atoms with van der Waals surface area (Å²) in [6, 6.07) is 5.84. The Morgan fingerprint density at radius 2 is 2.10 bits per heavy atom. The zero-order valence-electron chi connectivity index (χ0n) is 10.7. The van der Waals surface area contributed by atoms with E-state index in [1.54, 1.807) is 12.3 Å². The van der Waals surface area contributed by atoms with E-state index in [0.717, 1.165) is 11.9 Å². The Hall–Kier alpha value is -2.22. The molecule has 0 saturated heterocycles. The lowest BCUT2D eigenvalue weighted by Gasteiger charge is -2.10. The highest BCUT2D eigenvalue weighted by Crippen LogP contribution is 2.20. The van der Waals surface area contributed by atoms with Gasteiger partial charge in [-0.25, -0.2) is 22.8 Å². The van der Waals surface area contributed by atoms with Crippen molar-refractivity contribution in [3.05, 3.63) is 48.3 Å². The molecule has 2 aromatic rings. The number of sulfonamides is 1. The van der Waals surface area contributed by atoms with Crippen molar-refractivity contribution in [3.8, 4) is 0 Å². The molecule has 1 aromatic carbocycles. The van der Waals surface area contributed by atoms with Crippen molar-refractivity contribution in [2.24, 2.45) is 0 Å². The number of anilines is 2. The van der Waals surface area contributed by atoms with Crippen molar-refractivity contribution < 1.29 is 12.8 Å². The number of nitrogens with zero attached hydrogens (tertiary/aromatic N) is 2. The monoisotopic (exact) mass is 296 g/mol. The van der Waals surface area contributed by atoms with Gasteiger partial charge < -0.3 is 5.32 Å². The van der Waals surface area contributed by atoms with Crippen LogP contribution in [0.25, 0.3) is 0 Å². The van der Waals surface area contributed by atoms with Gasteiger partial charge in [-0.05, 0) is 24.3 Å². The molecule has 0 spiro atoms. The molecule has 0 bridgehead atoms. The van der Waals surface area contributed by atoms with Crippen LogP contribution in [0.4, 0.5) is 15.8 Å². The van der Waals surface area contributed by atoms with E-state index in [4.69, 9.17) is 0 Å². The fourth-order valence-corrected chi connectivity index (χ4v) is 2.08. The van der Waals surface area contributed by atoms with Gasteiger partial charge in [0.1, 0.15) is 12.1 Å². The standard InChI is InChI=1S/C12H13FN4O2S/c1-20(18,19)17-12-6-9(2-3-11(12)13)15-7-10-4-5-14-8-16-10/h2-6,8,15,17H,7H2,1H3. The lowest BCUT2D eigenvalue weighted by molar-refractivity contribution is 0.604. The molecule has 2 N–H and O–H groups in total. The molecule has 0 fully saturated rings. The fraction of sp³-hybridized carbons (Fsp3) is 0.167. The number of nitrogens with one attached hydrogen (secondary N) is 2. The number of hydrogen-bond acceptors (Lipinski definition) is 5. The van der Waals surface area contributed by atoms with E-state index in [0.29, 0.717) is 12.2 Å². The summed E-state index contributed by atoms with van der Waals surface area (Å²) in [6.07, 6.45) is 4.01. The Morgan fingerprint density at radius 1 is 1.30 bits per heavy atom. The predicted molar refractivity (Wildman–Crippen MR) is 74.2 cm³/mol. The second kappa shape index (κ2) is 5.83. The van der Waals surface area contributed by atoms with Crippen molar-refractivity contribution in [3.63, 3.8) is 0 Å². The quantitative estimate of drug-likeness (QED) is 0.875. The van der Waals surface area contributed by atoms with Crippen molar-refractivity contribution in [2.75, 3.05) is 16.3 Å². The molecule has 0 amide bonds. The van der Waals surface area contributed by atoms with Crippen molar-refractivity contribution in [1.82, 2.24) is 9.97 Å². The molecule has 0 radical (unpaired) electrons. The van der Waals surface area contributed by atoms with Crippen LogP contribution in [0.3, 0.4) is 0 Å². The minimum absolute atomic E-state index is 0.0970. The van der Waals surface area contributed by atoms with E-state index >= 15 is 0 Å². The van der Waals surface area contributed by atoms with Gasteiger partial charge in [-0.2, -0.15) is 0 Å². The van der Waals surface area contributed by atoms with E-state index in [1.165, 1.54) is 24.5 Å². The highest BCUT2D eigenvalue weighted by Gasteiger charge is 2.08. The maximum Gasteiger partial charge on any atom is 0.229 e. The third-order valence-corrected chi connectivity index (χ3v) is 2.97. The van der Waals surface area contributed by atoms with Crippen LogP contribution in [0.15, 0.2) is 36.8 Å². The number of rotatable bonds is 5. The summed E-state index contributed by atoms with van der Waals surface area (Å²) in [5, 5.41) is 3.02.